The SMILES string of the molecule is CCn1cc(Br)cc1C(=O)Nc1ccc(O)c(C(=O)O)c1. The lowest BCUT2D eigenvalue weighted by molar-refractivity contribution is 0.0693. The predicted octanol–water partition coefficient (Wildman–Crippen LogP) is 2.93. The van der Waals surface area contributed by atoms with Crippen LogP contribution in [0, 0.1) is 0 Å². The van der Waals surface area contributed by atoms with Gasteiger partial charge in [0.05, 0.1) is 0 Å². The number of anilines is 1. The zero-order valence-electron chi connectivity index (χ0n) is 11.1. The van der Waals surface area contributed by atoms with Crippen LogP contribution in [0.3, 0.4) is 0 Å². The van der Waals surface area contributed by atoms with Crippen molar-refractivity contribution in [1.29, 1.82) is 0 Å². The third kappa shape index (κ3) is 3.25. The first-order valence-electron chi connectivity index (χ1n) is 6.15. The number of carboxylic acids is 1. The number of hydrogen-bond acceptors (Lipinski definition) is 3. The standard InChI is InChI=1S/C14H13BrN2O4/c1-2-17-7-8(15)5-11(17)13(19)16-9-3-4-12(18)10(6-9)14(20)21/h3-7,18H,2H2,1H3,(H,16,19)(H,20,21). The highest BCUT2D eigenvalue weighted by Crippen LogP contribution is 2.22. The molecule has 0 aliphatic heterocycles. The summed E-state index contributed by atoms with van der Waals surface area (Å²) >= 11 is 3.31. The molecule has 110 valence electrons. The van der Waals surface area contributed by atoms with E-state index in [4.69, 9.17) is 5.11 Å². The number of amides is 1. The van der Waals surface area contributed by atoms with Gasteiger partial charge in [-0.2, -0.15) is 0 Å². The number of aromatic carboxylic acids is 1. The molecule has 1 aromatic carbocycles. The number of benzene rings is 1. The van der Waals surface area contributed by atoms with Crippen LogP contribution in [0.4, 0.5) is 5.69 Å². The maximum Gasteiger partial charge on any atom is 0.339 e. The average molecular weight is 353 g/mol. The molecule has 0 radical (unpaired) electrons. The molecule has 0 spiro atoms. The molecule has 1 aromatic heterocycles. The van der Waals surface area contributed by atoms with Crippen molar-refractivity contribution < 1.29 is 19.8 Å². The van der Waals surface area contributed by atoms with Gasteiger partial charge < -0.3 is 20.1 Å². The summed E-state index contributed by atoms with van der Waals surface area (Å²) in [7, 11) is 0. The van der Waals surface area contributed by atoms with E-state index >= 15 is 0 Å². The molecule has 6 nitrogen and oxygen atoms in total. The number of carboxylic acid groups (broad SMARTS) is 1. The van der Waals surface area contributed by atoms with Crippen molar-refractivity contribution in [2.75, 3.05) is 5.32 Å². The summed E-state index contributed by atoms with van der Waals surface area (Å²) in [4.78, 5) is 23.2. The van der Waals surface area contributed by atoms with Gasteiger partial charge >= 0.3 is 5.97 Å². The predicted molar refractivity (Wildman–Crippen MR) is 80.8 cm³/mol. The first kappa shape index (κ1) is 15.1. The largest absolute Gasteiger partial charge is 0.507 e. The molecule has 0 bridgehead atoms. The Morgan fingerprint density at radius 2 is 2.05 bits per heavy atom. The van der Waals surface area contributed by atoms with Crippen LogP contribution in [0.2, 0.25) is 0 Å². The van der Waals surface area contributed by atoms with Crippen molar-refractivity contribution in [1.82, 2.24) is 4.57 Å². The van der Waals surface area contributed by atoms with E-state index in [2.05, 4.69) is 21.2 Å². The van der Waals surface area contributed by atoms with E-state index in [0.717, 1.165) is 4.47 Å². The Kier molecular flexibility index (Phi) is 4.32. The van der Waals surface area contributed by atoms with Crippen LogP contribution in [0.1, 0.15) is 27.8 Å². The highest BCUT2D eigenvalue weighted by atomic mass is 79.9. The minimum atomic E-state index is -1.26. The van der Waals surface area contributed by atoms with Crippen molar-refractivity contribution in [2.24, 2.45) is 0 Å². The molecule has 2 rings (SSSR count). The van der Waals surface area contributed by atoms with Gasteiger partial charge in [-0.25, -0.2) is 4.79 Å². The van der Waals surface area contributed by atoms with E-state index in [1.165, 1.54) is 18.2 Å². The molecule has 3 N–H and O–H groups in total. The monoisotopic (exact) mass is 352 g/mol. The molecule has 1 amide bonds. The fraction of sp³-hybridized carbons (Fsp3) is 0.143. The van der Waals surface area contributed by atoms with Crippen LogP contribution >= 0.6 is 15.9 Å². The number of nitrogens with one attached hydrogen (secondary N) is 1. The zero-order chi connectivity index (χ0) is 15.6. The Morgan fingerprint density at radius 1 is 1.33 bits per heavy atom. The molecule has 0 aliphatic carbocycles. The number of rotatable bonds is 4. The number of halogens is 1. The van der Waals surface area contributed by atoms with E-state index in [1.807, 2.05) is 6.92 Å². The molecule has 0 fully saturated rings. The van der Waals surface area contributed by atoms with Gasteiger partial charge in [0.15, 0.2) is 0 Å². The summed E-state index contributed by atoms with van der Waals surface area (Å²) in [5, 5.41) is 21.0. The summed E-state index contributed by atoms with van der Waals surface area (Å²) in [5.41, 5.74) is 0.490. The molecule has 0 atom stereocenters. The Hall–Kier alpha value is -2.28. The summed E-state index contributed by atoms with van der Waals surface area (Å²) in [6.07, 6.45) is 1.79. The van der Waals surface area contributed by atoms with Crippen molar-refractivity contribution in [2.45, 2.75) is 13.5 Å². The average Bonchev–Trinajstić information content (AvgIpc) is 2.82. The molecule has 21 heavy (non-hydrogen) atoms. The lowest BCUT2D eigenvalue weighted by atomic mass is 10.1. The van der Waals surface area contributed by atoms with Crippen molar-refractivity contribution in [3.05, 3.63) is 46.2 Å². The second-order valence-electron chi connectivity index (χ2n) is 4.32. The molecular weight excluding hydrogens is 340 g/mol. The Morgan fingerprint density at radius 3 is 2.67 bits per heavy atom. The van der Waals surface area contributed by atoms with E-state index in [0.29, 0.717) is 17.9 Å². The Balaban J connectivity index is 2.27. The second-order valence-corrected chi connectivity index (χ2v) is 5.24. The lowest BCUT2D eigenvalue weighted by Crippen LogP contribution is -2.16. The van der Waals surface area contributed by atoms with Gasteiger partial charge in [-0.3, -0.25) is 4.79 Å². The summed E-state index contributed by atoms with van der Waals surface area (Å²) in [5.74, 6) is -1.96. The van der Waals surface area contributed by atoms with Gasteiger partial charge in [0, 0.05) is 22.9 Å². The lowest BCUT2D eigenvalue weighted by Gasteiger charge is -2.09. The number of aromatic hydroxyl groups is 1. The number of carbonyl (C=O) groups excluding carboxylic acids is 1. The minimum absolute atomic E-state index is 0.264. The molecule has 0 saturated heterocycles. The summed E-state index contributed by atoms with van der Waals surface area (Å²) in [6.45, 7) is 2.54. The van der Waals surface area contributed by atoms with E-state index in [9.17, 15) is 14.7 Å². The molecule has 2 aromatic rings. The van der Waals surface area contributed by atoms with Crippen LogP contribution in [-0.2, 0) is 6.54 Å². The first-order valence-corrected chi connectivity index (χ1v) is 6.95. The molecule has 0 unspecified atom stereocenters. The quantitative estimate of drug-likeness (QED) is 0.737. The number of hydrogen-bond donors (Lipinski definition) is 3. The molecule has 1 heterocycles. The van der Waals surface area contributed by atoms with Crippen molar-refractivity contribution in [3.63, 3.8) is 0 Å². The highest BCUT2D eigenvalue weighted by Gasteiger charge is 2.15. The summed E-state index contributed by atoms with van der Waals surface area (Å²) < 4.78 is 2.55. The van der Waals surface area contributed by atoms with Gasteiger partial charge in [0.2, 0.25) is 0 Å². The number of phenols is 1. The van der Waals surface area contributed by atoms with Crippen LogP contribution in [0.15, 0.2) is 34.9 Å². The Labute approximate surface area is 129 Å². The zero-order valence-corrected chi connectivity index (χ0v) is 12.7. The molecule has 0 saturated carbocycles. The van der Waals surface area contributed by atoms with Crippen LogP contribution in [0.25, 0.3) is 0 Å². The maximum absolute atomic E-state index is 12.2. The van der Waals surface area contributed by atoms with Gasteiger partial charge in [-0.1, -0.05) is 0 Å². The van der Waals surface area contributed by atoms with Crippen LogP contribution in [-0.4, -0.2) is 26.7 Å². The second kappa shape index (κ2) is 6.01. The van der Waals surface area contributed by atoms with Crippen molar-refractivity contribution in [3.8, 4) is 5.75 Å². The molecular formula is C14H13BrN2O4. The number of nitrogens with zero attached hydrogens (tertiary/aromatic N) is 1. The Bertz CT molecular complexity index is 709. The van der Waals surface area contributed by atoms with Crippen LogP contribution < -0.4 is 5.32 Å². The number of aromatic nitrogens is 1. The maximum atomic E-state index is 12.2. The third-order valence-corrected chi connectivity index (χ3v) is 3.36. The van der Waals surface area contributed by atoms with Gasteiger partial charge in [0.25, 0.3) is 5.91 Å². The fourth-order valence-corrected chi connectivity index (χ4v) is 2.37. The van der Waals surface area contributed by atoms with Crippen LogP contribution in [0.5, 0.6) is 5.75 Å². The van der Waals surface area contributed by atoms with Gasteiger partial charge in [-0.15, -0.1) is 0 Å². The normalized spacial score (nSPS) is 10.4. The van der Waals surface area contributed by atoms with Gasteiger partial charge in [-0.05, 0) is 47.1 Å². The number of carbonyl (C=O) groups is 2. The van der Waals surface area contributed by atoms with Crippen molar-refractivity contribution >= 4 is 33.5 Å². The van der Waals surface area contributed by atoms with Gasteiger partial charge in [0.1, 0.15) is 17.0 Å². The minimum Gasteiger partial charge on any atom is -0.507 e. The van der Waals surface area contributed by atoms with E-state index in [1.54, 1.807) is 16.8 Å². The topological polar surface area (TPSA) is 91.6 Å². The molecule has 7 heteroatoms. The first-order chi connectivity index (χ1) is 9.92. The number of aryl methyl sites for hydroxylation is 1. The van der Waals surface area contributed by atoms with E-state index in [-0.39, 0.29) is 17.2 Å². The summed E-state index contributed by atoms with van der Waals surface area (Å²) in [6, 6.07) is 5.56. The smallest absolute Gasteiger partial charge is 0.339 e. The van der Waals surface area contributed by atoms with E-state index < -0.39 is 5.97 Å². The molecule has 0 aliphatic rings. The fourth-order valence-electron chi connectivity index (χ4n) is 1.91. The third-order valence-electron chi connectivity index (χ3n) is 2.92. The highest BCUT2D eigenvalue weighted by molar-refractivity contribution is 9.10.